The van der Waals surface area contributed by atoms with Crippen LogP contribution in [0.2, 0.25) is 5.02 Å². The van der Waals surface area contributed by atoms with Gasteiger partial charge in [-0.25, -0.2) is 4.79 Å². The first-order chi connectivity index (χ1) is 16.3. The molecule has 0 unspecified atom stereocenters. The summed E-state index contributed by atoms with van der Waals surface area (Å²) in [6.45, 7) is 5.61. The molecule has 0 radical (unpaired) electrons. The first kappa shape index (κ1) is 23.3. The number of benzene rings is 3. The Morgan fingerprint density at radius 3 is 2.32 bits per heavy atom. The minimum absolute atomic E-state index is 0.126. The predicted molar refractivity (Wildman–Crippen MR) is 131 cm³/mol. The van der Waals surface area contributed by atoms with Crippen LogP contribution in [0.1, 0.15) is 32.8 Å². The van der Waals surface area contributed by atoms with E-state index in [0.717, 1.165) is 22.4 Å². The molecular formula is C27H23ClN2O4. The van der Waals surface area contributed by atoms with Crippen molar-refractivity contribution in [3.05, 3.63) is 99.8 Å². The average Bonchev–Trinajstić information content (AvgIpc) is 3.16. The maximum Gasteiger partial charge on any atom is 0.349 e. The topological polar surface area (TPSA) is 81.4 Å². The van der Waals surface area contributed by atoms with E-state index in [0.29, 0.717) is 27.8 Å². The Balaban J connectivity index is 1.43. The van der Waals surface area contributed by atoms with Crippen LogP contribution >= 0.6 is 11.6 Å². The van der Waals surface area contributed by atoms with Crippen LogP contribution in [0.15, 0.2) is 71.3 Å². The second kappa shape index (κ2) is 9.93. The van der Waals surface area contributed by atoms with Crippen LogP contribution in [0.4, 0.5) is 5.69 Å². The fourth-order valence-corrected chi connectivity index (χ4v) is 3.95. The molecule has 6 nitrogen and oxygen atoms in total. The number of aryl methyl sites for hydroxylation is 3. The zero-order chi connectivity index (χ0) is 24.2. The predicted octanol–water partition coefficient (Wildman–Crippen LogP) is 6.32. The number of aromatic nitrogens is 1. The third-order valence-corrected chi connectivity index (χ3v) is 5.53. The number of hydrogen-bond donors (Lipinski definition) is 1. The zero-order valence-electron chi connectivity index (χ0n) is 19.0. The highest BCUT2D eigenvalue weighted by Gasteiger charge is 2.24. The first-order valence-electron chi connectivity index (χ1n) is 10.7. The van der Waals surface area contributed by atoms with E-state index in [1.807, 2.05) is 32.0 Å². The molecule has 0 aliphatic rings. The van der Waals surface area contributed by atoms with Gasteiger partial charge in [-0.05, 0) is 67.8 Å². The quantitative estimate of drug-likeness (QED) is 0.261. The summed E-state index contributed by atoms with van der Waals surface area (Å²) >= 11 is 6.26. The Hall–Kier alpha value is -3.90. The number of rotatable bonds is 6. The van der Waals surface area contributed by atoms with Crippen molar-refractivity contribution in [1.82, 2.24) is 5.16 Å². The van der Waals surface area contributed by atoms with E-state index in [1.54, 1.807) is 55.5 Å². The largest absolute Gasteiger partial charge is 0.423 e. The lowest BCUT2D eigenvalue weighted by Gasteiger charge is -2.09. The molecule has 7 heteroatoms. The lowest BCUT2D eigenvalue weighted by atomic mass is 10.1. The molecule has 4 aromatic rings. The van der Waals surface area contributed by atoms with Gasteiger partial charge >= 0.3 is 5.97 Å². The van der Waals surface area contributed by atoms with Crippen LogP contribution in [0.25, 0.3) is 11.3 Å². The summed E-state index contributed by atoms with van der Waals surface area (Å²) in [5, 5.41) is 7.37. The molecule has 3 aromatic carbocycles. The van der Waals surface area contributed by atoms with Crippen LogP contribution < -0.4 is 10.1 Å². The van der Waals surface area contributed by atoms with Gasteiger partial charge < -0.3 is 14.6 Å². The molecule has 172 valence electrons. The Morgan fingerprint density at radius 1 is 0.971 bits per heavy atom. The minimum Gasteiger partial charge on any atom is -0.423 e. The van der Waals surface area contributed by atoms with Gasteiger partial charge in [0.05, 0.1) is 11.4 Å². The monoisotopic (exact) mass is 474 g/mol. The smallest absolute Gasteiger partial charge is 0.349 e. The van der Waals surface area contributed by atoms with Crippen molar-refractivity contribution in [3.8, 4) is 17.0 Å². The van der Waals surface area contributed by atoms with Gasteiger partial charge in [-0.2, -0.15) is 0 Å². The number of carbonyl (C=O) groups is 2. The van der Waals surface area contributed by atoms with Crippen LogP contribution in [0.3, 0.4) is 0 Å². The van der Waals surface area contributed by atoms with Gasteiger partial charge in [-0.1, -0.05) is 53.2 Å². The molecule has 1 heterocycles. The van der Waals surface area contributed by atoms with E-state index in [9.17, 15) is 9.59 Å². The summed E-state index contributed by atoms with van der Waals surface area (Å²) in [7, 11) is 0. The Bertz CT molecular complexity index is 1340. The first-order valence-corrected chi connectivity index (χ1v) is 11.1. The molecule has 4 rings (SSSR count). The number of amides is 1. The molecule has 1 N–H and O–H groups in total. The molecule has 0 aliphatic heterocycles. The molecule has 0 saturated heterocycles. The highest BCUT2D eigenvalue weighted by atomic mass is 35.5. The minimum atomic E-state index is -0.603. The summed E-state index contributed by atoms with van der Waals surface area (Å²) in [5.41, 5.74) is 4.85. The lowest BCUT2D eigenvalue weighted by Crippen LogP contribution is -2.14. The third-order valence-electron chi connectivity index (χ3n) is 5.20. The maximum absolute atomic E-state index is 12.9. The van der Waals surface area contributed by atoms with Gasteiger partial charge in [0.15, 0.2) is 0 Å². The van der Waals surface area contributed by atoms with E-state index in [4.69, 9.17) is 20.9 Å². The SMILES string of the molecule is Cc1cc(C)cc(NC(=O)Cc2ccc(OC(=O)c3c(-c4ccccc4Cl)noc3C)cc2)c1. The molecule has 1 amide bonds. The lowest BCUT2D eigenvalue weighted by molar-refractivity contribution is -0.115. The second-order valence-electron chi connectivity index (χ2n) is 8.08. The molecule has 0 spiro atoms. The highest BCUT2D eigenvalue weighted by Crippen LogP contribution is 2.31. The summed E-state index contributed by atoms with van der Waals surface area (Å²) in [6, 6.07) is 19.8. The molecule has 34 heavy (non-hydrogen) atoms. The van der Waals surface area contributed by atoms with E-state index >= 15 is 0 Å². The summed E-state index contributed by atoms with van der Waals surface area (Å²) in [5.74, 6) is -0.0537. The van der Waals surface area contributed by atoms with Crippen molar-refractivity contribution < 1.29 is 18.8 Å². The molecule has 0 bridgehead atoms. The zero-order valence-corrected chi connectivity index (χ0v) is 19.8. The van der Waals surface area contributed by atoms with Gasteiger partial charge in [0.25, 0.3) is 0 Å². The molecule has 0 atom stereocenters. The number of anilines is 1. The van der Waals surface area contributed by atoms with Crippen molar-refractivity contribution in [1.29, 1.82) is 0 Å². The Morgan fingerprint density at radius 2 is 1.65 bits per heavy atom. The number of ether oxygens (including phenoxy) is 1. The Labute approximate surface area is 202 Å². The second-order valence-corrected chi connectivity index (χ2v) is 8.48. The summed E-state index contributed by atoms with van der Waals surface area (Å²) in [4.78, 5) is 25.3. The van der Waals surface area contributed by atoms with Crippen molar-refractivity contribution in [2.75, 3.05) is 5.32 Å². The normalized spacial score (nSPS) is 10.7. The highest BCUT2D eigenvalue weighted by molar-refractivity contribution is 6.33. The maximum atomic E-state index is 12.9. The fraction of sp³-hybridized carbons (Fsp3) is 0.148. The van der Waals surface area contributed by atoms with Crippen LogP contribution in [0, 0.1) is 20.8 Å². The van der Waals surface area contributed by atoms with Crippen molar-refractivity contribution in [2.45, 2.75) is 27.2 Å². The summed E-state index contributed by atoms with van der Waals surface area (Å²) < 4.78 is 10.8. The number of halogens is 1. The number of carbonyl (C=O) groups excluding carboxylic acids is 2. The fourth-order valence-electron chi connectivity index (χ4n) is 3.72. The number of esters is 1. The van der Waals surface area contributed by atoms with E-state index < -0.39 is 5.97 Å². The number of nitrogens with one attached hydrogen (secondary N) is 1. The molecule has 0 aliphatic carbocycles. The molecule has 0 fully saturated rings. The third kappa shape index (κ3) is 5.35. The van der Waals surface area contributed by atoms with E-state index in [-0.39, 0.29) is 17.9 Å². The van der Waals surface area contributed by atoms with Crippen molar-refractivity contribution >= 4 is 29.2 Å². The van der Waals surface area contributed by atoms with Gasteiger partial charge in [-0.15, -0.1) is 0 Å². The van der Waals surface area contributed by atoms with Crippen LogP contribution in [-0.4, -0.2) is 17.0 Å². The number of hydrogen-bond acceptors (Lipinski definition) is 5. The van der Waals surface area contributed by atoms with Gasteiger partial charge in [0.1, 0.15) is 22.8 Å². The van der Waals surface area contributed by atoms with Crippen molar-refractivity contribution in [3.63, 3.8) is 0 Å². The molecular weight excluding hydrogens is 452 g/mol. The van der Waals surface area contributed by atoms with Gasteiger partial charge in [-0.3, -0.25) is 4.79 Å². The van der Waals surface area contributed by atoms with Gasteiger partial charge in [0.2, 0.25) is 5.91 Å². The molecule has 0 saturated carbocycles. The number of nitrogens with zero attached hydrogens (tertiary/aromatic N) is 1. The van der Waals surface area contributed by atoms with Crippen molar-refractivity contribution in [2.24, 2.45) is 0 Å². The molecule has 1 aromatic heterocycles. The van der Waals surface area contributed by atoms with E-state index in [1.165, 1.54) is 0 Å². The summed E-state index contributed by atoms with van der Waals surface area (Å²) in [6.07, 6.45) is 0.197. The Kier molecular flexibility index (Phi) is 6.80. The standard InChI is InChI=1S/C27H23ClN2O4/c1-16-12-17(2)14-20(13-16)29-24(31)15-19-8-10-21(11-9-19)33-27(32)25-18(3)34-30-26(25)22-6-4-5-7-23(22)28/h4-14H,15H2,1-3H3,(H,29,31). The van der Waals surface area contributed by atoms with E-state index in [2.05, 4.69) is 10.5 Å². The average molecular weight is 475 g/mol. The van der Waals surface area contributed by atoms with Gasteiger partial charge in [0, 0.05) is 11.3 Å². The van der Waals surface area contributed by atoms with Crippen LogP contribution in [-0.2, 0) is 11.2 Å². The van der Waals surface area contributed by atoms with Crippen LogP contribution in [0.5, 0.6) is 5.75 Å².